The number of amides is 1. The fourth-order valence-corrected chi connectivity index (χ4v) is 4.09. The van der Waals surface area contributed by atoms with E-state index in [9.17, 15) is 4.79 Å². The Morgan fingerprint density at radius 2 is 2.26 bits per heavy atom. The van der Waals surface area contributed by atoms with E-state index in [0.29, 0.717) is 17.5 Å². The van der Waals surface area contributed by atoms with E-state index in [1.165, 1.54) is 9.75 Å². The van der Waals surface area contributed by atoms with Crippen LogP contribution in [0, 0.1) is 6.92 Å². The monoisotopic (exact) mass is 350 g/mol. The summed E-state index contributed by atoms with van der Waals surface area (Å²) < 4.78 is 5.39. The first-order valence-corrected chi connectivity index (χ1v) is 8.96. The fraction of sp³-hybridized carbons (Fsp3) is 0.412. The van der Waals surface area contributed by atoms with Gasteiger partial charge >= 0.3 is 0 Å². The number of rotatable bonds is 4. The number of hydrogen-bond acceptors (Lipinski definition) is 4. The molecule has 1 unspecified atom stereocenters. The summed E-state index contributed by atoms with van der Waals surface area (Å²) in [6, 6.07) is 7.69. The van der Waals surface area contributed by atoms with Crippen molar-refractivity contribution in [3.63, 3.8) is 0 Å². The lowest BCUT2D eigenvalue weighted by Gasteiger charge is -2.24. The summed E-state index contributed by atoms with van der Waals surface area (Å²) >= 11 is 7.95. The van der Waals surface area contributed by atoms with Crippen LogP contribution in [0.15, 0.2) is 24.3 Å². The SMILES string of the molecule is CCOc1ccc(Cl)c(C(=O)N2CCCC2c2ccc(C)s2)n1. The van der Waals surface area contributed by atoms with Crippen molar-refractivity contribution in [1.82, 2.24) is 9.88 Å². The Labute approximate surface area is 145 Å². The number of aromatic nitrogens is 1. The first-order valence-electron chi connectivity index (χ1n) is 7.76. The number of aryl methyl sites for hydroxylation is 1. The van der Waals surface area contributed by atoms with Crippen molar-refractivity contribution in [1.29, 1.82) is 0 Å². The third-order valence-electron chi connectivity index (χ3n) is 3.92. The molecule has 1 amide bonds. The quantitative estimate of drug-likeness (QED) is 0.816. The largest absolute Gasteiger partial charge is 0.478 e. The zero-order valence-corrected chi connectivity index (χ0v) is 14.8. The van der Waals surface area contributed by atoms with Gasteiger partial charge in [0, 0.05) is 22.4 Å². The Hall–Kier alpha value is -1.59. The number of pyridine rings is 1. The molecule has 1 saturated heterocycles. The molecule has 0 saturated carbocycles. The molecule has 23 heavy (non-hydrogen) atoms. The second-order valence-corrected chi connectivity index (χ2v) is 7.24. The molecule has 1 aliphatic rings. The summed E-state index contributed by atoms with van der Waals surface area (Å²) in [5.74, 6) is 0.313. The molecule has 2 aromatic heterocycles. The maximum atomic E-state index is 12.9. The van der Waals surface area contributed by atoms with Crippen LogP contribution in [0.2, 0.25) is 5.02 Å². The van der Waals surface area contributed by atoms with E-state index in [1.807, 2.05) is 11.8 Å². The molecule has 2 aromatic rings. The van der Waals surface area contributed by atoms with E-state index < -0.39 is 0 Å². The number of carbonyl (C=O) groups excluding carboxylic acids is 1. The van der Waals surface area contributed by atoms with Gasteiger partial charge in [-0.25, -0.2) is 4.98 Å². The van der Waals surface area contributed by atoms with Gasteiger partial charge in [0.2, 0.25) is 5.88 Å². The summed E-state index contributed by atoms with van der Waals surface area (Å²) in [5, 5.41) is 0.367. The molecule has 1 atom stereocenters. The molecule has 3 heterocycles. The standard InChI is InChI=1S/C17H19ClN2O2S/c1-3-22-15-9-7-12(18)16(19-15)17(21)20-10-4-5-13(20)14-8-6-11(2)23-14/h6-9,13H,3-5,10H2,1-2H3. The zero-order valence-electron chi connectivity index (χ0n) is 13.2. The van der Waals surface area contributed by atoms with Gasteiger partial charge in [-0.2, -0.15) is 0 Å². The zero-order chi connectivity index (χ0) is 16.4. The number of halogens is 1. The molecule has 1 fully saturated rings. The Balaban J connectivity index is 1.88. The lowest BCUT2D eigenvalue weighted by atomic mass is 10.2. The van der Waals surface area contributed by atoms with Crippen molar-refractivity contribution in [2.45, 2.75) is 32.7 Å². The predicted molar refractivity (Wildman–Crippen MR) is 92.5 cm³/mol. The summed E-state index contributed by atoms with van der Waals surface area (Å²) in [4.78, 5) is 21.6. The second kappa shape index (κ2) is 6.89. The van der Waals surface area contributed by atoms with Crippen molar-refractivity contribution >= 4 is 28.8 Å². The topological polar surface area (TPSA) is 42.4 Å². The van der Waals surface area contributed by atoms with Crippen LogP contribution in [0.1, 0.15) is 46.0 Å². The average Bonchev–Trinajstić information content (AvgIpc) is 3.17. The highest BCUT2D eigenvalue weighted by Gasteiger charge is 2.33. The van der Waals surface area contributed by atoms with E-state index in [4.69, 9.17) is 16.3 Å². The molecule has 0 aromatic carbocycles. The smallest absolute Gasteiger partial charge is 0.274 e. The normalized spacial score (nSPS) is 17.5. The van der Waals surface area contributed by atoms with E-state index in [2.05, 4.69) is 24.0 Å². The molecule has 0 aliphatic carbocycles. The van der Waals surface area contributed by atoms with Gasteiger partial charge in [0.1, 0.15) is 0 Å². The summed E-state index contributed by atoms with van der Waals surface area (Å²) in [7, 11) is 0. The fourth-order valence-electron chi connectivity index (χ4n) is 2.88. The lowest BCUT2D eigenvalue weighted by Crippen LogP contribution is -2.31. The number of thiophene rings is 1. The lowest BCUT2D eigenvalue weighted by molar-refractivity contribution is 0.0731. The second-order valence-electron chi connectivity index (χ2n) is 5.52. The van der Waals surface area contributed by atoms with Crippen LogP contribution in [0.5, 0.6) is 5.88 Å². The number of carbonyl (C=O) groups is 1. The van der Waals surface area contributed by atoms with Crippen molar-refractivity contribution in [3.8, 4) is 5.88 Å². The highest BCUT2D eigenvalue weighted by Crippen LogP contribution is 2.37. The van der Waals surface area contributed by atoms with Gasteiger partial charge in [-0.1, -0.05) is 11.6 Å². The Morgan fingerprint density at radius 1 is 1.43 bits per heavy atom. The Bertz CT molecular complexity index is 716. The van der Waals surface area contributed by atoms with Gasteiger partial charge in [-0.3, -0.25) is 4.79 Å². The maximum absolute atomic E-state index is 12.9. The van der Waals surface area contributed by atoms with Gasteiger partial charge in [0.05, 0.1) is 17.7 Å². The molecule has 0 radical (unpaired) electrons. The maximum Gasteiger partial charge on any atom is 0.274 e. The van der Waals surface area contributed by atoms with Gasteiger partial charge in [-0.15, -0.1) is 11.3 Å². The number of hydrogen-bond donors (Lipinski definition) is 0. The molecule has 122 valence electrons. The van der Waals surface area contributed by atoms with Crippen LogP contribution < -0.4 is 4.74 Å². The molecule has 0 bridgehead atoms. The van der Waals surface area contributed by atoms with Crippen molar-refractivity contribution < 1.29 is 9.53 Å². The molecular weight excluding hydrogens is 332 g/mol. The minimum absolute atomic E-state index is 0.120. The molecular formula is C17H19ClN2O2S. The van der Waals surface area contributed by atoms with Crippen LogP contribution >= 0.6 is 22.9 Å². The summed E-state index contributed by atoms with van der Waals surface area (Å²) in [5.41, 5.74) is 0.276. The van der Waals surface area contributed by atoms with E-state index >= 15 is 0 Å². The van der Waals surface area contributed by atoms with Crippen LogP contribution in [0.25, 0.3) is 0 Å². The summed E-state index contributed by atoms with van der Waals surface area (Å²) in [6.45, 7) is 5.20. The minimum Gasteiger partial charge on any atom is -0.478 e. The van der Waals surface area contributed by atoms with Crippen LogP contribution in [0.4, 0.5) is 0 Å². The average molecular weight is 351 g/mol. The van der Waals surface area contributed by atoms with Crippen LogP contribution in [-0.4, -0.2) is 28.9 Å². The molecule has 3 rings (SSSR count). The minimum atomic E-state index is -0.120. The molecule has 4 nitrogen and oxygen atoms in total. The summed E-state index contributed by atoms with van der Waals surface area (Å²) in [6.07, 6.45) is 1.98. The third kappa shape index (κ3) is 3.35. The van der Waals surface area contributed by atoms with E-state index in [1.54, 1.807) is 23.5 Å². The van der Waals surface area contributed by atoms with E-state index in [0.717, 1.165) is 19.4 Å². The molecule has 1 aliphatic heterocycles. The third-order valence-corrected chi connectivity index (χ3v) is 5.33. The van der Waals surface area contributed by atoms with E-state index in [-0.39, 0.29) is 17.6 Å². The van der Waals surface area contributed by atoms with Gasteiger partial charge in [0.15, 0.2) is 5.69 Å². The number of nitrogens with zero attached hydrogens (tertiary/aromatic N) is 2. The Morgan fingerprint density at radius 3 is 2.96 bits per heavy atom. The van der Waals surface area contributed by atoms with Crippen molar-refractivity contribution in [3.05, 3.63) is 44.7 Å². The first-order chi connectivity index (χ1) is 11.1. The van der Waals surface area contributed by atoms with Crippen molar-refractivity contribution in [2.75, 3.05) is 13.2 Å². The predicted octanol–water partition coefficient (Wildman–Crippen LogP) is 4.48. The van der Waals surface area contributed by atoms with Gasteiger partial charge in [-0.05, 0) is 44.9 Å². The van der Waals surface area contributed by atoms with Gasteiger partial charge < -0.3 is 9.64 Å². The Kier molecular flexibility index (Phi) is 4.87. The van der Waals surface area contributed by atoms with Crippen molar-refractivity contribution in [2.24, 2.45) is 0 Å². The molecule has 0 N–H and O–H groups in total. The molecule has 6 heteroatoms. The van der Waals surface area contributed by atoms with Gasteiger partial charge in [0.25, 0.3) is 5.91 Å². The highest BCUT2D eigenvalue weighted by atomic mass is 35.5. The van der Waals surface area contributed by atoms with Crippen LogP contribution in [0.3, 0.4) is 0 Å². The number of ether oxygens (including phenoxy) is 1. The highest BCUT2D eigenvalue weighted by molar-refractivity contribution is 7.12. The first kappa shape index (κ1) is 16.3. The number of likely N-dealkylation sites (tertiary alicyclic amines) is 1. The molecule has 0 spiro atoms. The van der Waals surface area contributed by atoms with Crippen LogP contribution in [-0.2, 0) is 0 Å².